The van der Waals surface area contributed by atoms with Gasteiger partial charge in [0.05, 0.1) is 21.8 Å². The largest absolute Gasteiger partial charge is 0.354 e. The molecular formula is C21H20Cl2N4O. The van der Waals surface area contributed by atoms with Gasteiger partial charge in [0.15, 0.2) is 0 Å². The summed E-state index contributed by atoms with van der Waals surface area (Å²) < 4.78 is 0. The predicted octanol–water partition coefficient (Wildman–Crippen LogP) is 6.23. The number of hydrogen-bond donors (Lipinski definition) is 2. The highest BCUT2D eigenvalue weighted by Gasteiger charge is 2.22. The fourth-order valence-electron chi connectivity index (χ4n) is 2.91. The summed E-state index contributed by atoms with van der Waals surface area (Å²) in [5.74, 6) is -0.106. The molecule has 2 aromatic rings. The van der Waals surface area contributed by atoms with Crippen molar-refractivity contribution in [1.82, 2.24) is 0 Å². The number of nitrogens with zero attached hydrogens (tertiary/aromatic N) is 2. The summed E-state index contributed by atoms with van der Waals surface area (Å²) in [6.07, 6.45) is 0.689. The van der Waals surface area contributed by atoms with Crippen molar-refractivity contribution in [2.75, 3.05) is 10.6 Å². The number of halogens is 2. The molecule has 1 atom stereocenters. The first-order chi connectivity index (χ1) is 13.3. The molecule has 2 N–H and O–H groups in total. The number of hydrogen-bond acceptors (Lipinski definition) is 4. The molecule has 5 nitrogen and oxygen atoms in total. The zero-order valence-corrected chi connectivity index (χ0v) is 17.1. The standard InChI is InChI=1S/C21H20Cl2N4O/c1-12-20(11-15-4-9-18(22)19(23)10-15)26-27-21(12)13(2)24-16-5-7-17(8-6-16)25-14(3)28/h4-10,20,24H,2,11H2,1,3H3,(H,25,28). The number of carbonyl (C=O) groups excluding carboxylic acids is 1. The molecule has 1 unspecified atom stereocenters. The quantitative estimate of drug-likeness (QED) is 0.588. The van der Waals surface area contributed by atoms with Gasteiger partial charge in [-0.05, 0) is 54.5 Å². The van der Waals surface area contributed by atoms with Crippen LogP contribution in [0.25, 0.3) is 0 Å². The summed E-state index contributed by atoms with van der Waals surface area (Å²) in [6, 6.07) is 12.9. The third kappa shape index (κ3) is 4.80. The zero-order valence-electron chi connectivity index (χ0n) is 15.6. The molecule has 0 aliphatic carbocycles. The number of azo groups is 1. The van der Waals surface area contributed by atoms with Crippen LogP contribution in [0.1, 0.15) is 19.4 Å². The molecule has 144 valence electrons. The Hall–Kier alpha value is -2.63. The highest BCUT2D eigenvalue weighted by molar-refractivity contribution is 6.42. The maximum atomic E-state index is 11.1. The van der Waals surface area contributed by atoms with Crippen molar-refractivity contribution in [2.45, 2.75) is 26.3 Å². The van der Waals surface area contributed by atoms with E-state index in [1.54, 1.807) is 6.07 Å². The molecule has 0 spiro atoms. The molecule has 1 aliphatic heterocycles. The SMILES string of the molecule is C=C(Nc1ccc(NC(C)=O)cc1)C1=C(C)C(Cc2ccc(Cl)c(Cl)c2)N=N1. The van der Waals surface area contributed by atoms with E-state index in [2.05, 4.69) is 27.4 Å². The summed E-state index contributed by atoms with van der Waals surface area (Å²) >= 11 is 12.1. The van der Waals surface area contributed by atoms with Crippen molar-refractivity contribution >= 4 is 40.5 Å². The van der Waals surface area contributed by atoms with Crippen LogP contribution in [0.15, 0.2) is 76.2 Å². The van der Waals surface area contributed by atoms with Crippen molar-refractivity contribution < 1.29 is 4.79 Å². The average molecular weight is 415 g/mol. The minimum Gasteiger partial charge on any atom is -0.354 e. The number of carbonyl (C=O) groups is 1. The Morgan fingerprint density at radius 3 is 2.32 bits per heavy atom. The minimum atomic E-state index is -0.106. The summed E-state index contributed by atoms with van der Waals surface area (Å²) in [7, 11) is 0. The summed E-state index contributed by atoms with van der Waals surface area (Å²) in [5.41, 5.74) is 5.09. The minimum absolute atomic E-state index is 0.0621. The second-order valence-corrected chi connectivity index (χ2v) is 7.39. The van der Waals surface area contributed by atoms with E-state index < -0.39 is 0 Å². The Kier molecular flexibility index (Phi) is 6.17. The predicted molar refractivity (Wildman–Crippen MR) is 115 cm³/mol. The Labute approximate surface area is 174 Å². The Morgan fingerprint density at radius 1 is 1.07 bits per heavy atom. The van der Waals surface area contributed by atoms with Crippen LogP contribution < -0.4 is 10.6 Å². The molecule has 0 fully saturated rings. The van der Waals surface area contributed by atoms with Crippen molar-refractivity contribution in [3.05, 3.63) is 81.6 Å². The highest BCUT2D eigenvalue weighted by Crippen LogP contribution is 2.31. The van der Waals surface area contributed by atoms with Gasteiger partial charge in [-0.2, -0.15) is 10.2 Å². The van der Waals surface area contributed by atoms with Crippen LogP contribution >= 0.6 is 23.2 Å². The maximum absolute atomic E-state index is 11.1. The second kappa shape index (κ2) is 8.59. The lowest BCUT2D eigenvalue weighted by atomic mass is 9.99. The van der Waals surface area contributed by atoms with E-state index in [1.807, 2.05) is 43.3 Å². The van der Waals surface area contributed by atoms with E-state index in [1.165, 1.54) is 6.92 Å². The lowest BCUT2D eigenvalue weighted by Gasteiger charge is -2.12. The molecule has 2 aromatic carbocycles. The van der Waals surface area contributed by atoms with Crippen molar-refractivity contribution in [2.24, 2.45) is 10.2 Å². The number of rotatable bonds is 6. The topological polar surface area (TPSA) is 65.8 Å². The highest BCUT2D eigenvalue weighted by atomic mass is 35.5. The van der Waals surface area contributed by atoms with Crippen LogP contribution in [0.4, 0.5) is 11.4 Å². The van der Waals surface area contributed by atoms with Crippen LogP contribution in [-0.4, -0.2) is 11.9 Å². The maximum Gasteiger partial charge on any atom is 0.221 e. The van der Waals surface area contributed by atoms with Crippen LogP contribution in [0.2, 0.25) is 10.0 Å². The van der Waals surface area contributed by atoms with Gasteiger partial charge >= 0.3 is 0 Å². The van der Waals surface area contributed by atoms with Crippen LogP contribution in [0, 0.1) is 0 Å². The second-order valence-electron chi connectivity index (χ2n) is 6.58. The molecule has 0 bridgehead atoms. The number of benzene rings is 2. The Balaban J connectivity index is 1.67. The number of nitrogens with one attached hydrogen (secondary N) is 2. The number of amides is 1. The third-order valence-electron chi connectivity index (χ3n) is 4.37. The smallest absolute Gasteiger partial charge is 0.221 e. The normalized spacial score (nSPS) is 15.6. The average Bonchev–Trinajstić information content (AvgIpc) is 3.00. The molecular weight excluding hydrogens is 395 g/mol. The summed E-state index contributed by atoms with van der Waals surface area (Å²) in [4.78, 5) is 11.1. The Bertz CT molecular complexity index is 980. The van der Waals surface area contributed by atoms with E-state index in [0.29, 0.717) is 22.2 Å². The van der Waals surface area contributed by atoms with Crippen LogP contribution in [0.3, 0.4) is 0 Å². The summed E-state index contributed by atoms with van der Waals surface area (Å²) in [6.45, 7) is 7.57. The van der Waals surface area contributed by atoms with Crippen LogP contribution in [0.5, 0.6) is 0 Å². The van der Waals surface area contributed by atoms with E-state index in [-0.39, 0.29) is 11.9 Å². The van der Waals surface area contributed by atoms with Gasteiger partial charge in [0, 0.05) is 24.7 Å². The van der Waals surface area contributed by atoms with Crippen LogP contribution in [-0.2, 0) is 11.2 Å². The first-order valence-electron chi connectivity index (χ1n) is 8.73. The third-order valence-corrected chi connectivity index (χ3v) is 5.11. The van der Waals surface area contributed by atoms with Gasteiger partial charge in [-0.15, -0.1) is 0 Å². The number of anilines is 2. The van der Waals surface area contributed by atoms with E-state index in [0.717, 1.165) is 28.2 Å². The van der Waals surface area contributed by atoms with Gasteiger partial charge in [0.25, 0.3) is 0 Å². The fourth-order valence-corrected chi connectivity index (χ4v) is 3.23. The molecule has 0 saturated heterocycles. The molecule has 28 heavy (non-hydrogen) atoms. The Morgan fingerprint density at radius 2 is 1.71 bits per heavy atom. The zero-order chi connectivity index (χ0) is 20.3. The van der Waals surface area contributed by atoms with E-state index >= 15 is 0 Å². The monoisotopic (exact) mass is 414 g/mol. The van der Waals surface area contributed by atoms with Crippen molar-refractivity contribution in [3.8, 4) is 0 Å². The fraction of sp³-hybridized carbons (Fsp3) is 0.190. The lowest BCUT2D eigenvalue weighted by molar-refractivity contribution is -0.114. The first kappa shape index (κ1) is 20.1. The molecule has 0 radical (unpaired) electrons. The molecule has 0 saturated carbocycles. The van der Waals surface area contributed by atoms with Crippen molar-refractivity contribution in [1.29, 1.82) is 0 Å². The lowest BCUT2D eigenvalue weighted by Crippen LogP contribution is -2.09. The molecule has 3 rings (SSSR count). The van der Waals surface area contributed by atoms with E-state index in [4.69, 9.17) is 23.2 Å². The van der Waals surface area contributed by atoms with Gasteiger partial charge in [-0.3, -0.25) is 4.79 Å². The first-order valence-corrected chi connectivity index (χ1v) is 9.48. The molecule has 1 aliphatic rings. The van der Waals surface area contributed by atoms with E-state index in [9.17, 15) is 4.79 Å². The van der Waals surface area contributed by atoms with Crippen molar-refractivity contribution in [3.63, 3.8) is 0 Å². The van der Waals surface area contributed by atoms with Gasteiger partial charge < -0.3 is 10.6 Å². The van der Waals surface area contributed by atoms with Gasteiger partial charge in [-0.25, -0.2) is 0 Å². The molecule has 0 aromatic heterocycles. The summed E-state index contributed by atoms with van der Waals surface area (Å²) in [5, 5.41) is 15.7. The van der Waals surface area contributed by atoms with Gasteiger partial charge in [-0.1, -0.05) is 35.8 Å². The molecule has 7 heteroatoms. The molecule has 1 heterocycles. The van der Waals surface area contributed by atoms with Gasteiger partial charge in [0.2, 0.25) is 5.91 Å². The molecule has 1 amide bonds. The van der Waals surface area contributed by atoms with Gasteiger partial charge in [0.1, 0.15) is 5.70 Å².